The van der Waals surface area contributed by atoms with Gasteiger partial charge in [-0.2, -0.15) is 0 Å². The summed E-state index contributed by atoms with van der Waals surface area (Å²) in [7, 11) is -13.4. The second kappa shape index (κ2) is 8.32. The van der Waals surface area contributed by atoms with Crippen molar-refractivity contribution in [2.75, 3.05) is 0 Å². The summed E-state index contributed by atoms with van der Waals surface area (Å²) in [5.41, 5.74) is 5.54. The van der Waals surface area contributed by atoms with Gasteiger partial charge in [0.1, 0.15) is 0 Å². The van der Waals surface area contributed by atoms with Crippen LogP contribution >= 0.6 is 22.8 Å². The Labute approximate surface area is 201 Å². The van der Waals surface area contributed by atoms with Crippen LogP contribution in [-0.2, 0) is 32.2 Å². The maximum absolute atomic E-state index is 12.0. The molecule has 0 fully saturated rings. The molecule has 9 nitrogen and oxygen atoms in total. The largest absolute Gasteiger partial charge is 0.329 e. The molecule has 0 aromatic heterocycles. The SMILES string of the molecule is O=P(O)(O)Cc1cccc2c1C1c3c(CP(=O)(O)O)cccc3C2c2cccc(CP(=O)(O)O)c21. The van der Waals surface area contributed by atoms with Gasteiger partial charge in [0.25, 0.3) is 0 Å². The third-order valence-electron chi connectivity index (χ3n) is 6.62. The molecule has 3 aliphatic rings. The summed E-state index contributed by atoms with van der Waals surface area (Å²) in [5, 5.41) is 0. The standard InChI is InChI=1S/C23H23O9P3/c24-33(25,26)10-13-4-1-7-16-19(13)23-20-14(11-34(27,28)29)5-2-8-17(20)22(16)18-9-3-6-15(21(18)23)12-35(30,31)32/h1-9,22-23H,10-12H2,(H2,24,25,26)(H2,27,28,29)(H2,30,31,32). The molecular formula is C23H23O9P3. The first-order valence-corrected chi connectivity index (χ1v) is 16.1. The zero-order valence-electron chi connectivity index (χ0n) is 18.2. The Balaban J connectivity index is 1.85. The number of benzene rings is 3. The summed E-state index contributed by atoms with van der Waals surface area (Å²) in [6.07, 6.45) is -1.57. The molecule has 3 aromatic carbocycles. The Hall–Kier alpha value is -1.89. The topological polar surface area (TPSA) is 173 Å². The highest BCUT2D eigenvalue weighted by Gasteiger charge is 2.45. The van der Waals surface area contributed by atoms with Gasteiger partial charge in [-0.25, -0.2) is 0 Å². The van der Waals surface area contributed by atoms with Crippen molar-refractivity contribution >= 4 is 22.8 Å². The van der Waals surface area contributed by atoms with E-state index in [1.54, 1.807) is 36.4 Å². The molecule has 0 spiro atoms. The van der Waals surface area contributed by atoms with E-state index in [-0.39, 0.29) is 0 Å². The maximum Gasteiger partial charge on any atom is 0.329 e. The van der Waals surface area contributed by atoms with Crippen LogP contribution in [0.2, 0.25) is 0 Å². The van der Waals surface area contributed by atoms with Gasteiger partial charge in [-0.05, 0) is 50.1 Å². The van der Waals surface area contributed by atoms with Crippen molar-refractivity contribution in [2.24, 2.45) is 0 Å². The summed E-state index contributed by atoms with van der Waals surface area (Å²) in [6.45, 7) is 0. The van der Waals surface area contributed by atoms with Crippen LogP contribution in [0.3, 0.4) is 0 Å². The maximum atomic E-state index is 12.0. The van der Waals surface area contributed by atoms with Crippen LogP contribution in [0.15, 0.2) is 54.6 Å². The molecular weight excluding hydrogens is 513 g/mol. The Morgan fingerprint density at radius 3 is 1.03 bits per heavy atom. The predicted octanol–water partition coefficient (Wildman–Crippen LogP) is 3.71. The lowest BCUT2D eigenvalue weighted by Gasteiger charge is -2.45. The molecule has 6 N–H and O–H groups in total. The van der Waals surface area contributed by atoms with Crippen LogP contribution in [0.25, 0.3) is 0 Å². The quantitative estimate of drug-likeness (QED) is 0.177. The fourth-order valence-electron chi connectivity index (χ4n) is 5.72. The van der Waals surface area contributed by atoms with Crippen molar-refractivity contribution < 1.29 is 43.1 Å². The Bertz CT molecular complexity index is 1320. The zero-order chi connectivity index (χ0) is 25.3. The van der Waals surface area contributed by atoms with Crippen LogP contribution in [0.4, 0.5) is 0 Å². The molecule has 184 valence electrons. The van der Waals surface area contributed by atoms with Gasteiger partial charge in [0.2, 0.25) is 0 Å². The minimum atomic E-state index is -4.46. The molecule has 0 aliphatic heterocycles. The van der Waals surface area contributed by atoms with Crippen molar-refractivity contribution in [1.82, 2.24) is 0 Å². The summed E-state index contributed by atoms with van der Waals surface area (Å²) in [4.78, 5) is 58.5. The first-order valence-electron chi connectivity index (χ1n) is 10.7. The second-order valence-corrected chi connectivity index (χ2v) is 14.0. The molecule has 3 aromatic rings. The van der Waals surface area contributed by atoms with Crippen LogP contribution in [0.1, 0.15) is 61.9 Å². The van der Waals surface area contributed by atoms with Gasteiger partial charge in [0.15, 0.2) is 0 Å². The molecule has 2 bridgehead atoms. The third-order valence-corrected chi connectivity index (χ3v) is 8.88. The number of rotatable bonds is 6. The van der Waals surface area contributed by atoms with Crippen molar-refractivity contribution in [1.29, 1.82) is 0 Å². The average molecular weight is 536 g/mol. The predicted molar refractivity (Wildman–Crippen MR) is 128 cm³/mol. The summed E-state index contributed by atoms with van der Waals surface area (Å²) < 4.78 is 35.9. The van der Waals surface area contributed by atoms with E-state index in [0.29, 0.717) is 33.4 Å². The van der Waals surface area contributed by atoms with Crippen LogP contribution in [-0.4, -0.2) is 29.4 Å². The number of hydrogen-bond donors (Lipinski definition) is 6. The monoisotopic (exact) mass is 536 g/mol. The van der Waals surface area contributed by atoms with E-state index in [2.05, 4.69) is 0 Å². The van der Waals surface area contributed by atoms with E-state index in [1.807, 2.05) is 18.2 Å². The number of hydrogen-bond acceptors (Lipinski definition) is 3. The normalized spacial score (nSPS) is 18.7. The lowest BCUT2D eigenvalue weighted by molar-refractivity contribution is 0.369. The van der Waals surface area contributed by atoms with Crippen LogP contribution in [0.5, 0.6) is 0 Å². The van der Waals surface area contributed by atoms with Crippen molar-refractivity contribution in [3.8, 4) is 0 Å². The Kier molecular flexibility index (Phi) is 5.89. The lowest BCUT2D eigenvalue weighted by Crippen LogP contribution is -2.31. The van der Waals surface area contributed by atoms with Crippen LogP contribution < -0.4 is 0 Å². The van der Waals surface area contributed by atoms with E-state index in [1.165, 1.54) is 0 Å². The van der Waals surface area contributed by atoms with Gasteiger partial charge in [-0.1, -0.05) is 54.6 Å². The smallest absolute Gasteiger partial charge is 0.324 e. The highest BCUT2D eigenvalue weighted by atomic mass is 31.2. The molecule has 0 saturated heterocycles. The fourth-order valence-corrected chi connectivity index (χ4v) is 7.88. The van der Waals surface area contributed by atoms with Crippen molar-refractivity contribution in [2.45, 2.75) is 30.3 Å². The first kappa shape index (κ1) is 24.8. The lowest BCUT2D eigenvalue weighted by atomic mass is 9.59. The van der Waals surface area contributed by atoms with E-state index in [4.69, 9.17) is 0 Å². The molecule has 6 rings (SSSR count). The van der Waals surface area contributed by atoms with Crippen LogP contribution in [0, 0.1) is 0 Å². The van der Waals surface area contributed by atoms with E-state index in [9.17, 15) is 43.1 Å². The van der Waals surface area contributed by atoms with Gasteiger partial charge in [0.05, 0.1) is 18.5 Å². The summed E-state index contributed by atoms with van der Waals surface area (Å²) in [6, 6.07) is 15.6. The van der Waals surface area contributed by atoms with E-state index in [0.717, 1.165) is 16.7 Å². The molecule has 12 heteroatoms. The highest BCUT2D eigenvalue weighted by molar-refractivity contribution is 7.51. The zero-order valence-corrected chi connectivity index (χ0v) is 20.9. The Morgan fingerprint density at radius 2 is 0.771 bits per heavy atom. The fraction of sp³-hybridized carbons (Fsp3) is 0.217. The molecule has 0 unspecified atom stereocenters. The first-order chi connectivity index (χ1) is 16.2. The summed E-state index contributed by atoms with van der Waals surface area (Å²) in [5.74, 6) is -1.10. The molecule has 3 aliphatic carbocycles. The van der Waals surface area contributed by atoms with Gasteiger partial charge < -0.3 is 29.4 Å². The molecule has 35 heavy (non-hydrogen) atoms. The van der Waals surface area contributed by atoms with Crippen molar-refractivity contribution in [3.63, 3.8) is 0 Å². The Morgan fingerprint density at radius 1 is 0.486 bits per heavy atom. The molecule has 0 heterocycles. The van der Waals surface area contributed by atoms with E-state index < -0.39 is 53.1 Å². The molecule has 0 radical (unpaired) electrons. The molecule has 0 saturated carbocycles. The van der Waals surface area contributed by atoms with Gasteiger partial charge in [-0.3, -0.25) is 13.7 Å². The van der Waals surface area contributed by atoms with Gasteiger partial charge >= 0.3 is 22.8 Å². The highest BCUT2D eigenvalue weighted by Crippen LogP contribution is 2.61. The minimum Gasteiger partial charge on any atom is -0.324 e. The summed E-state index contributed by atoms with van der Waals surface area (Å²) >= 11 is 0. The minimum absolute atomic E-state index is 0.402. The van der Waals surface area contributed by atoms with Gasteiger partial charge in [0, 0.05) is 11.8 Å². The third kappa shape index (κ3) is 4.65. The molecule has 0 atom stereocenters. The average Bonchev–Trinajstić information content (AvgIpc) is 2.70. The van der Waals surface area contributed by atoms with E-state index >= 15 is 0 Å². The van der Waals surface area contributed by atoms with Crippen molar-refractivity contribution in [3.05, 3.63) is 105 Å². The van der Waals surface area contributed by atoms with Gasteiger partial charge in [-0.15, -0.1) is 0 Å². The molecule has 0 amide bonds. The second-order valence-electron chi connectivity index (χ2n) is 9.09.